The Bertz CT molecular complexity index is 819. The van der Waals surface area contributed by atoms with E-state index < -0.39 is 0 Å². The van der Waals surface area contributed by atoms with E-state index in [0.29, 0.717) is 10.9 Å². The van der Waals surface area contributed by atoms with Crippen molar-refractivity contribution < 1.29 is 9.18 Å². The van der Waals surface area contributed by atoms with E-state index in [2.05, 4.69) is 15.4 Å². The summed E-state index contributed by atoms with van der Waals surface area (Å²) >= 11 is 1.43. The second-order valence-electron chi connectivity index (χ2n) is 5.02. The number of carbonyl (C=O) groups excluding carboxylic acids is 1. The number of hydrogen-bond acceptors (Lipinski definition) is 4. The van der Waals surface area contributed by atoms with Gasteiger partial charge in [-0.15, -0.1) is 16.4 Å². The van der Waals surface area contributed by atoms with Crippen molar-refractivity contribution >= 4 is 28.2 Å². The van der Waals surface area contributed by atoms with E-state index in [1.54, 1.807) is 16.6 Å². The van der Waals surface area contributed by atoms with Gasteiger partial charge in [-0.25, -0.2) is 8.91 Å². The van der Waals surface area contributed by atoms with Crippen molar-refractivity contribution in [3.8, 4) is 11.3 Å². The van der Waals surface area contributed by atoms with Crippen LogP contribution in [0.1, 0.15) is 12.8 Å². The molecule has 1 aliphatic carbocycles. The lowest BCUT2D eigenvalue weighted by molar-refractivity contribution is -0.117. The summed E-state index contributed by atoms with van der Waals surface area (Å²) in [5.74, 6) is 0.142. The van der Waals surface area contributed by atoms with Crippen molar-refractivity contribution in [1.29, 1.82) is 0 Å². The fourth-order valence-electron chi connectivity index (χ4n) is 2.11. The second-order valence-corrected chi connectivity index (χ2v) is 5.86. The maximum atomic E-state index is 13.0. The van der Waals surface area contributed by atoms with E-state index in [9.17, 15) is 9.18 Å². The first kappa shape index (κ1) is 12.5. The average Bonchev–Trinajstić information content (AvgIpc) is 3.15. The van der Waals surface area contributed by atoms with Gasteiger partial charge in [-0.1, -0.05) is 0 Å². The molecule has 0 spiro atoms. The van der Waals surface area contributed by atoms with Crippen LogP contribution in [0.2, 0.25) is 0 Å². The lowest BCUT2D eigenvalue weighted by atomic mass is 10.2. The van der Waals surface area contributed by atoms with Gasteiger partial charge in [0, 0.05) is 16.9 Å². The molecule has 1 fully saturated rings. The molecule has 7 heteroatoms. The van der Waals surface area contributed by atoms with Crippen LogP contribution >= 0.6 is 11.3 Å². The molecule has 1 aliphatic rings. The summed E-state index contributed by atoms with van der Waals surface area (Å²) < 4.78 is 14.7. The predicted molar refractivity (Wildman–Crippen MR) is 77.6 cm³/mol. The summed E-state index contributed by atoms with van der Waals surface area (Å²) in [5.41, 5.74) is 1.68. The number of thiazole rings is 1. The molecule has 0 atom stereocenters. The third-order valence-electron chi connectivity index (χ3n) is 3.40. The smallest absolute Gasteiger partial charge is 0.250 e. The van der Waals surface area contributed by atoms with Crippen LogP contribution in [0.25, 0.3) is 16.2 Å². The van der Waals surface area contributed by atoms with Crippen LogP contribution in [0.3, 0.4) is 0 Å². The molecule has 1 amide bonds. The van der Waals surface area contributed by atoms with Gasteiger partial charge in [-0.05, 0) is 37.1 Å². The van der Waals surface area contributed by atoms with E-state index >= 15 is 0 Å². The molecular formula is C14H11FN4OS. The molecule has 0 unspecified atom stereocenters. The molecule has 2 aromatic heterocycles. The molecule has 1 saturated carbocycles. The SMILES string of the molecule is O=C(Nc1nc2scc(-c3ccc(F)cc3)n2n1)C1CC1. The van der Waals surface area contributed by atoms with E-state index in [4.69, 9.17) is 0 Å². The minimum absolute atomic E-state index is 0.0171. The van der Waals surface area contributed by atoms with Gasteiger partial charge in [0.2, 0.25) is 16.8 Å². The van der Waals surface area contributed by atoms with Crippen LogP contribution in [0.5, 0.6) is 0 Å². The lowest BCUT2D eigenvalue weighted by Crippen LogP contribution is -2.14. The first-order valence-electron chi connectivity index (χ1n) is 6.62. The van der Waals surface area contributed by atoms with E-state index in [0.717, 1.165) is 24.1 Å². The van der Waals surface area contributed by atoms with Crippen molar-refractivity contribution in [2.75, 3.05) is 5.32 Å². The quantitative estimate of drug-likeness (QED) is 0.809. The van der Waals surface area contributed by atoms with E-state index in [1.807, 2.05) is 5.38 Å². The van der Waals surface area contributed by atoms with Gasteiger partial charge in [-0.3, -0.25) is 10.1 Å². The largest absolute Gasteiger partial charge is 0.293 e. The number of amides is 1. The molecule has 106 valence electrons. The number of aromatic nitrogens is 3. The Hall–Kier alpha value is -2.28. The molecule has 3 aromatic rings. The number of carbonyl (C=O) groups is 1. The Labute approximate surface area is 123 Å². The zero-order valence-electron chi connectivity index (χ0n) is 10.9. The third kappa shape index (κ3) is 2.29. The molecule has 5 nitrogen and oxygen atoms in total. The zero-order chi connectivity index (χ0) is 14.4. The highest BCUT2D eigenvalue weighted by Gasteiger charge is 2.30. The molecule has 0 bridgehead atoms. The Morgan fingerprint density at radius 1 is 1.33 bits per heavy atom. The van der Waals surface area contributed by atoms with Crippen LogP contribution in [0.15, 0.2) is 29.6 Å². The number of nitrogens with one attached hydrogen (secondary N) is 1. The molecular weight excluding hydrogens is 291 g/mol. The number of halogens is 1. The van der Waals surface area contributed by atoms with Gasteiger partial charge >= 0.3 is 0 Å². The number of hydrogen-bond donors (Lipinski definition) is 1. The molecule has 0 aliphatic heterocycles. The maximum Gasteiger partial charge on any atom is 0.250 e. The number of rotatable bonds is 3. The standard InChI is InChI=1S/C14H11FN4OS/c15-10-5-3-8(4-6-10)11-7-21-14-17-13(18-19(11)14)16-12(20)9-1-2-9/h3-7,9H,1-2H2,(H,16,18,20). The molecule has 21 heavy (non-hydrogen) atoms. The van der Waals surface area contributed by atoms with Gasteiger partial charge in [0.05, 0.1) is 5.69 Å². The minimum atomic E-state index is -0.277. The average molecular weight is 302 g/mol. The summed E-state index contributed by atoms with van der Waals surface area (Å²) in [6.07, 6.45) is 1.88. The van der Waals surface area contributed by atoms with Gasteiger partial charge in [0.25, 0.3) is 0 Å². The van der Waals surface area contributed by atoms with Crippen molar-refractivity contribution in [2.45, 2.75) is 12.8 Å². The number of fused-ring (bicyclic) bond motifs is 1. The highest BCUT2D eigenvalue weighted by molar-refractivity contribution is 7.15. The lowest BCUT2D eigenvalue weighted by Gasteiger charge is -1.99. The first-order valence-corrected chi connectivity index (χ1v) is 7.50. The summed E-state index contributed by atoms with van der Waals surface area (Å²) in [6.45, 7) is 0. The van der Waals surface area contributed by atoms with Crippen LogP contribution in [0.4, 0.5) is 10.3 Å². The van der Waals surface area contributed by atoms with Gasteiger partial charge in [-0.2, -0.15) is 4.98 Å². The topological polar surface area (TPSA) is 59.3 Å². The fourth-order valence-corrected chi connectivity index (χ4v) is 2.94. The van der Waals surface area contributed by atoms with Crippen LogP contribution in [-0.2, 0) is 4.79 Å². The van der Waals surface area contributed by atoms with Crippen molar-refractivity contribution in [3.05, 3.63) is 35.5 Å². The monoisotopic (exact) mass is 302 g/mol. The van der Waals surface area contributed by atoms with E-state index in [1.165, 1.54) is 23.5 Å². The van der Waals surface area contributed by atoms with Crippen LogP contribution in [0, 0.1) is 11.7 Å². The number of benzene rings is 1. The van der Waals surface area contributed by atoms with Gasteiger partial charge < -0.3 is 0 Å². The molecule has 4 rings (SSSR count). The second kappa shape index (κ2) is 4.63. The minimum Gasteiger partial charge on any atom is -0.293 e. The first-order chi connectivity index (χ1) is 10.2. The van der Waals surface area contributed by atoms with Crippen LogP contribution < -0.4 is 5.32 Å². The van der Waals surface area contributed by atoms with E-state index in [-0.39, 0.29) is 17.6 Å². The highest BCUT2D eigenvalue weighted by atomic mass is 32.1. The van der Waals surface area contributed by atoms with Crippen molar-refractivity contribution in [2.24, 2.45) is 5.92 Å². The fraction of sp³-hybridized carbons (Fsp3) is 0.214. The normalized spacial score (nSPS) is 14.5. The summed E-state index contributed by atoms with van der Waals surface area (Å²) in [4.78, 5) is 16.7. The molecule has 1 N–H and O–H groups in total. The molecule has 1 aromatic carbocycles. The summed E-state index contributed by atoms with van der Waals surface area (Å²) in [6, 6.07) is 6.21. The van der Waals surface area contributed by atoms with Crippen LogP contribution in [-0.4, -0.2) is 20.5 Å². The Kier molecular flexibility index (Phi) is 2.75. The van der Waals surface area contributed by atoms with Gasteiger partial charge in [0.15, 0.2) is 0 Å². The van der Waals surface area contributed by atoms with Crippen molar-refractivity contribution in [3.63, 3.8) is 0 Å². The Balaban J connectivity index is 1.68. The highest BCUT2D eigenvalue weighted by Crippen LogP contribution is 2.30. The number of anilines is 1. The molecule has 0 radical (unpaired) electrons. The molecule has 0 saturated heterocycles. The Morgan fingerprint density at radius 3 is 2.81 bits per heavy atom. The maximum absolute atomic E-state index is 13.0. The summed E-state index contributed by atoms with van der Waals surface area (Å²) in [7, 11) is 0. The number of nitrogens with zero attached hydrogens (tertiary/aromatic N) is 3. The Morgan fingerprint density at radius 2 is 2.10 bits per heavy atom. The summed E-state index contributed by atoms with van der Waals surface area (Å²) in [5, 5.41) is 8.96. The van der Waals surface area contributed by atoms with Gasteiger partial charge in [0.1, 0.15) is 5.82 Å². The zero-order valence-corrected chi connectivity index (χ0v) is 11.7. The predicted octanol–water partition coefficient (Wildman–Crippen LogP) is 2.95. The molecule has 2 heterocycles. The third-order valence-corrected chi connectivity index (χ3v) is 4.22. The van der Waals surface area contributed by atoms with Crippen molar-refractivity contribution in [1.82, 2.24) is 14.6 Å².